The quantitative estimate of drug-likeness (QED) is 0.624. The average molecular weight is 272 g/mol. The number of nitrogens with one attached hydrogen (secondary N) is 1. The molecule has 102 valence electrons. The molecule has 1 saturated heterocycles. The van der Waals surface area contributed by atoms with Crippen LogP contribution >= 0.6 is 12.2 Å². The number of hydrogen-bond acceptors (Lipinski definition) is 4. The minimum absolute atomic E-state index is 0.0130. The number of hydrogen-bond donors (Lipinski definition) is 2. The van der Waals surface area contributed by atoms with Gasteiger partial charge in [-0.1, -0.05) is 12.2 Å². The summed E-state index contributed by atoms with van der Waals surface area (Å²) in [6.45, 7) is 2.51. The van der Waals surface area contributed by atoms with Crippen LogP contribution in [0.5, 0.6) is 0 Å². The van der Waals surface area contributed by atoms with Crippen molar-refractivity contribution in [2.45, 2.75) is 12.8 Å². The predicted octanol–water partition coefficient (Wildman–Crippen LogP) is -1.06. The van der Waals surface area contributed by atoms with Crippen molar-refractivity contribution in [3.8, 4) is 0 Å². The molecule has 0 aromatic carbocycles. The molecular formula is C11H20N4O2S. The molecule has 1 rings (SSSR count). The van der Waals surface area contributed by atoms with E-state index in [-0.39, 0.29) is 24.9 Å². The second kappa shape index (κ2) is 7.27. The standard InChI is InChI=1S/C11H20N4O2S/c1-14(6-3-9(12)18)11(17)8-15-5-2-4-13-10(16)7-15/h2-8H2,1H3,(H2,12,18)(H,13,16). The Morgan fingerprint density at radius 1 is 1.61 bits per heavy atom. The summed E-state index contributed by atoms with van der Waals surface area (Å²) < 4.78 is 0. The number of thiocarbonyl (C=S) groups is 1. The van der Waals surface area contributed by atoms with Gasteiger partial charge in [0.05, 0.1) is 18.1 Å². The zero-order valence-electron chi connectivity index (χ0n) is 10.6. The molecule has 1 fully saturated rings. The minimum Gasteiger partial charge on any atom is -0.393 e. The Morgan fingerprint density at radius 3 is 3.00 bits per heavy atom. The first-order valence-electron chi connectivity index (χ1n) is 6.00. The Labute approximate surface area is 112 Å². The molecule has 0 aromatic heterocycles. The fraction of sp³-hybridized carbons (Fsp3) is 0.727. The van der Waals surface area contributed by atoms with Crippen molar-refractivity contribution in [3.63, 3.8) is 0 Å². The Bertz CT molecular complexity index is 335. The number of likely N-dealkylation sites (N-methyl/N-ethyl adjacent to an activating group) is 1. The van der Waals surface area contributed by atoms with Crippen LogP contribution < -0.4 is 11.1 Å². The zero-order chi connectivity index (χ0) is 13.5. The van der Waals surface area contributed by atoms with E-state index in [1.54, 1.807) is 11.9 Å². The third-order valence-electron chi connectivity index (χ3n) is 2.82. The van der Waals surface area contributed by atoms with Crippen LogP contribution in [0.25, 0.3) is 0 Å². The molecule has 1 aliphatic heterocycles. The van der Waals surface area contributed by atoms with E-state index < -0.39 is 0 Å². The highest BCUT2D eigenvalue weighted by atomic mass is 32.1. The highest BCUT2D eigenvalue weighted by molar-refractivity contribution is 7.80. The number of carbonyl (C=O) groups is 2. The number of rotatable bonds is 5. The molecule has 0 spiro atoms. The highest BCUT2D eigenvalue weighted by Crippen LogP contribution is 1.98. The Balaban J connectivity index is 2.37. The van der Waals surface area contributed by atoms with Gasteiger partial charge in [-0.15, -0.1) is 0 Å². The summed E-state index contributed by atoms with van der Waals surface area (Å²) in [5, 5.41) is 2.78. The van der Waals surface area contributed by atoms with Gasteiger partial charge in [-0.2, -0.15) is 0 Å². The first-order valence-corrected chi connectivity index (χ1v) is 6.41. The van der Waals surface area contributed by atoms with Crippen molar-refractivity contribution >= 4 is 29.0 Å². The molecule has 0 atom stereocenters. The lowest BCUT2D eigenvalue weighted by atomic mass is 10.3. The molecule has 0 aliphatic carbocycles. The maximum atomic E-state index is 11.9. The molecule has 1 aliphatic rings. The highest BCUT2D eigenvalue weighted by Gasteiger charge is 2.18. The maximum Gasteiger partial charge on any atom is 0.236 e. The van der Waals surface area contributed by atoms with Crippen LogP contribution in [-0.4, -0.2) is 66.4 Å². The molecule has 1 heterocycles. The number of nitrogens with zero attached hydrogens (tertiary/aromatic N) is 2. The summed E-state index contributed by atoms with van der Waals surface area (Å²) in [5.41, 5.74) is 5.39. The molecule has 6 nitrogen and oxygen atoms in total. The van der Waals surface area contributed by atoms with E-state index in [2.05, 4.69) is 5.32 Å². The van der Waals surface area contributed by atoms with Crippen LogP contribution in [0.2, 0.25) is 0 Å². The molecule has 2 amide bonds. The third kappa shape index (κ3) is 5.42. The Morgan fingerprint density at radius 2 is 2.33 bits per heavy atom. The summed E-state index contributed by atoms with van der Waals surface area (Å²) in [4.78, 5) is 27.1. The zero-order valence-corrected chi connectivity index (χ0v) is 11.5. The van der Waals surface area contributed by atoms with Crippen LogP contribution in [-0.2, 0) is 9.59 Å². The number of nitrogens with two attached hydrogens (primary N) is 1. The van der Waals surface area contributed by atoms with E-state index in [0.717, 1.165) is 13.0 Å². The van der Waals surface area contributed by atoms with E-state index in [4.69, 9.17) is 18.0 Å². The van der Waals surface area contributed by atoms with Crippen LogP contribution in [0.1, 0.15) is 12.8 Å². The molecule has 0 saturated carbocycles. The maximum absolute atomic E-state index is 11.9. The van der Waals surface area contributed by atoms with Gasteiger partial charge in [0.25, 0.3) is 0 Å². The first-order chi connectivity index (χ1) is 8.49. The first kappa shape index (κ1) is 14.8. The van der Waals surface area contributed by atoms with Crippen molar-refractivity contribution in [2.24, 2.45) is 5.73 Å². The van der Waals surface area contributed by atoms with Gasteiger partial charge in [0, 0.05) is 33.1 Å². The summed E-state index contributed by atoms with van der Waals surface area (Å²) >= 11 is 4.77. The molecule has 18 heavy (non-hydrogen) atoms. The molecule has 0 aromatic rings. The average Bonchev–Trinajstić information content (AvgIpc) is 2.50. The summed E-state index contributed by atoms with van der Waals surface area (Å²) in [6, 6.07) is 0. The van der Waals surface area contributed by atoms with E-state index in [1.165, 1.54) is 0 Å². The van der Waals surface area contributed by atoms with E-state index >= 15 is 0 Å². The molecule has 0 unspecified atom stereocenters. The lowest BCUT2D eigenvalue weighted by molar-refractivity contribution is -0.131. The van der Waals surface area contributed by atoms with Crippen LogP contribution in [0, 0.1) is 0 Å². The second-order valence-electron chi connectivity index (χ2n) is 4.45. The van der Waals surface area contributed by atoms with Gasteiger partial charge in [0.1, 0.15) is 0 Å². The monoisotopic (exact) mass is 272 g/mol. The fourth-order valence-electron chi connectivity index (χ4n) is 1.72. The normalized spacial score (nSPS) is 16.8. The van der Waals surface area contributed by atoms with Crippen molar-refractivity contribution in [1.29, 1.82) is 0 Å². The van der Waals surface area contributed by atoms with Crippen LogP contribution in [0.4, 0.5) is 0 Å². The van der Waals surface area contributed by atoms with Gasteiger partial charge < -0.3 is 16.0 Å². The smallest absolute Gasteiger partial charge is 0.236 e. The topological polar surface area (TPSA) is 78.7 Å². The summed E-state index contributed by atoms with van der Waals surface area (Å²) in [7, 11) is 1.72. The van der Waals surface area contributed by atoms with Crippen molar-refractivity contribution in [2.75, 3.05) is 39.8 Å². The van der Waals surface area contributed by atoms with Crippen LogP contribution in [0.15, 0.2) is 0 Å². The number of amides is 2. The SMILES string of the molecule is CN(CCC(N)=S)C(=O)CN1CCCNC(=O)C1. The Hall–Kier alpha value is -1.21. The van der Waals surface area contributed by atoms with E-state index in [1.807, 2.05) is 4.90 Å². The molecule has 3 N–H and O–H groups in total. The van der Waals surface area contributed by atoms with E-state index in [0.29, 0.717) is 24.5 Å². The van der Waals surface area contributed by atoms with Crippen molar-refractivity contribution in [3.05, 3.63) is 0 Å². The second-order valence-corrected chi connectivity index (χ2v) is 4.97. The largest absolute Gasteiger partial charge is 0.393 e. The van der Waals surface area contributed by atoms with Crippen LogP contribution in [0.3, 0.4) is 0 Å². The third-order valence-corrected chi connectivity index (χ3v) is 3.02. The molecule has 0 radical (unpaired) electrons. The minimum atomic E-state index is -0.0221. The Kier molecular flexibility index (Phi) is 6.00. The summed E-state index contributed by atoms with van der Waals surface area (Å²) in [5.74, 6) is -0.0351. The van der Waals surface area contributed by atoms with E-state index in [9.17, 15) is 9.59 Å². The van der Waals surface area contributed by atoms with Crippen molar-refractivity contribution < 1.29 is 9.59 Å². The summed E-state index contributed by atoms with van der Waals surface area (Å²) in [6.07, 6.45) is 1.40. The van der Waals surface area contributed by atoms with Gasteiger partial charge in [-0.25, -0.2) is 0 Å². The lowest BCUT2D eigenvalue weighted by Crippen LogP contribution is -2.42. The van der Waals surface area contributed by atoms with Gasteiger partial charge in [0.2, 0.25) is 11.8 Å². The van der Waals surface area contributed by atoms with Gasteiger partial charge >= 0.3 is 0 Å². The van der Waals surface area contributed by atoms with Crippen molar-refractivity contribution in [1.82, 2.24) is 15.1 Å². The van der Waals surface area contributed by atoms with Gasteiger partial charge in [-0.3, -0.25) is 14.5 Å². The van der Waals surface area contributed by atoms with Gasteiger partial charge in [-0.05, 0) is 6.42 Å². The molecule has 0 bridgehead atoms. The molecular weight excluding hydrogens is 252 g/mol. The predicted molar refractivity (Wildman–Crippen MR) is 73.1 cm³/mol. The lowest BCUT2D eigenvalue weighted by Gasteiger charge is -2.22. The molecule has 7 heteroatoms. The fourth-order valence-corrected chi connectivity index (χ4v) is 1.81. The van der Waals surface area contributed by atoms with Gasteiger partial charge in [0.15, 0.2) is 0 Å². The number of carbonyl (C=O) groups excluding carboxylic acids is 2.